The van der Waals surface area contributed by atoms with Crippen molar-refractivity contribution < 1.29 is 9.59 Å². The van der Waals surface area contributed by atoms with Crippen molar-refractivity contribution in [1.82, 2.24) is 35.8 Å². The highest BCUT2D eigenvalue weighted by Crippen LogP contribution is 2.31. The third-order valence-corrected chi connectivity index (χ3v) is 6.74. The number of benzene rings is 2. The maximum Gasteiger partial charge on any atom is 0.270 e. The van der Waals surface area contributed by atoms with Gasteiger partial charge in [-0.2, -0.15) is 5.10 Å². The summed E-state index contributed by atoms with van der Waals surface area (Å²) < 4.78 is 0. The second kappa shape index (κ2) is 11.3. The van der Waals surface area contributed by atoms with Crippen molar-refractivity contribution in [2.45, 2.75) is 32.9 Å². The van der Waals surface area contributed by atoms with Crippen LogP contribution in [-0.2, 0) is 17.8 Å². The van der Waals surface area contributed by atoms with E-state index in [1.165, 1.54) is 6.20 Å². The summed E-state index contributed by atoms with van der Waals surface area (Å²) >= 11 is 0. The minimum absolute atomic E-state index is 0.202. The van der Waals surface area contributed by atoms with Gasteiger partial charge >= 0.3 is 0 Å². The lowest BCUT2D eigenvalue weighted by Crippen LogP contribution is -2.45. The first-order chi connectivity index (χ1) is 18.9. The molecule has 0 bridgehead atoms. The van der Waals surface area contributed by atoms with Crippen LogP contribution < -0.4 is 16.4 Å². The smallest absolute Gasteiger partial charge is 0.270 e. The van der Waals surface area contributed by atoms with Gasteiger partial charge in [0.1, 0.15) is 17.4 Å². The van der Waals surface area contributed by atoms with Crippen LogP contribution in [0.1, 0.15) is 34.1 Å². The first kappa shape index (κ1) is 25.8. The summed E-state index contributed by atoms with van der Waals surface area (Å²) in [6.45, 7) is 5.80. The molecule has 0 unspecified atom stereocenters. The number of carbonyl (C=O) groups is 2. The lowest BCUT2D eigenvalue weighted by molar-refractivity contribution is -0.119. The van der Waals surface area contributed by atoms with E-state index < -0.39 is 17.9 Å². The Morgan fingerprint density at radius 1 is 1.08 bits per heavy atom. The average Bonchev–Trinajstić information content (AvgIpc) is 3.60. The molecule has 0 saturated heterocycles. The molecule has 198 valence electrons. The number of H-pyrrole nitrogens is 2. The van der Waals surface area contributed by atoms with Crippen molar-refractivity contribution in [3.63, 3.8) is 0 Å². The van der Waals surface area contributed by atoms with E-state index >= 15 is 0 Å². The number of hydrogen-bond acceptors (Lipinski definition) is 6. The molecule has 0 fully saturated rings. The fourth-order valence-corrected chi connectivity index (χ4v) is 4.52. The number of primary amides is 1. The molecule has 0 aliphatic carbocycles. The number of imidazole rings is 1. The number of fused-ring (bicyclic) bond motifs is 1. The molecule has 3 heterocycles. The molecule has 0 aliphatic rings. The number of carbonyl (C=O) groups excluding carboxylic acids is 2. The number of pyridine rings is 1. The van der Waals surface area contributed by atoms with Gasteiger partial charge in [-0.05, 0) is 47.9 Å². The number of nitrogens with zero attached hydrogens (tertiary/aromatic N) is 3. The van der Waals surface area contributed by atoms with E-state index in [-0.39, 0.29) is 5.69 Å². The zero-order valence-corrected chi connectivity index (χ0v) is 21.8. The summed E-state index contributed by atoms with van der Waals surface area (Å²) in [4.78, 5) is 36.9. The quantitative estimate of drug-likeness (QED) is 0.190. The van der Waals surface area contributed by atoms with E-state index in [2.05, 4.69) is 49.6 Å². The molecule has 5 aromatic rings. The van der Waals surface area contributed by atoms with Gasteiger partial charge in [-0.25, -0.2) is 4.98 Å². The van der Waals surface area contributed by atoms with Crippen molar-refractivity contribution in [2.75, 3.05) is 6.54 Å². The van der Waals surface area contributed by atoms with Crippen LogP contribution in [0.2, 0.25) is 0 Å². The van der Waals surface area contributed by atoms with Gasteiger partial charge in [0.05, 0.1) is 11.7 Å². The second-order valence-electron chi connectivity index (χ2n) is 9.35. The maximum atomic E-state index is 12.9. The Bertz CT molecular complexity index is 1620. The summed E-state index contributed by atoms with van der Waals surface area (Å²) in [6.07, 6.45) is 5.47. The van der Waals surface area contributed by atoms with Gasteiger partial charge in [-0.3, -0.25) is 19.7 Å². The van der Waals surface area contributed by atoms with Crippen LogP contribution in [0.4, 0.5) is 0 Å². The van der Waals surface area contributed by atoms with Gasteiger partial charge in [0, 0.05) is 36.3 Å². The summed E-state index contributed by atoms with van der Waals surface area (Å²) in [5, 5.41) is 14.4. The Morgan fingerprint density at radius 3 is 2.67 bits per heavy atom. The van der Waals surface area contributed by atoms with Crippen LogP contribution in [0.15, 0.2) is 67.1 Å². The topological polar surface area (TPSA) is 154 Å². The lowest BCUT2D eigenvalue weighted by Gasteiger charge is -2.15. The summed E-state index contributed by atoms with van der Waals surface area (Å²) in [5.74, 6) is -0.664. The monoisotopic (exact) mass is 522 g/mol. The highest BCUT2D eigenvalue weighted by Gasteiger charge is 2.22. The predicted octanol–water partition coefficient (Wildman–Crippen LogP) is 3.26. The fourth-order valence-electron chi connectivity index (χ4n) is 4.52. The largest absolute Gasteiger partial charge is 0.368 e. The van der Waals surface area contributed by atoms with Crippen LogP contribution in [0.5, 0.6) is 0 Å². The normalized spacial score (nSPS) is 11.9. The van der Waals surface area contributed by atoms with Gasteiger partial charge in [0.25, 0.3) is 5.91 Å². The lowest BCUT2D eigenvalue weighted by atomic mass is 9.98. The van der Waals surface area contributed by atoms with E-state index in [1.807, 2.05) is 60.9 Å². The molecule has 0 aliphatic heterocycles. The van der Waals surface area contributed by atoms with E-state index in [4.69, 9.17) is 5.73 Å². The predicted molar refractivity (Wildman–Crippen MR) is 150 cm³/mol. The highest BCUT2D eigenvalue weighted by atomic mass is 16.2. The SMILES string of the molecule is CCNCc1cncc(-c2ccc3[nH]nc(-c4ncc(C(=O)N[C@H](Cc5ccccc5)C(N)=O)[nH]4)c3c2)c1C. The minimum Gasteiger partial charge on any atom is -0.368 e. The molecule has 5 rings (SSSR count). The molecule has 2 aromatic carbocycles. The van der Waals surface area contributed by atoms with Gasteiger partial charge in [0.15, 0.2) is 5.82 Å². The molecular weight excluding hydrogens is 492 g/mol. The van der Waals surface area contributed by atoms with Crippen molar-refractivity contribution in [2.24, 2.45) is 5.73 Å². The number of aromatic nitrogens is 5. The zero-order chi connectivity index (χ0) is 27.4. The Morgan fingerprint density at radius 2 is 1.90 bits per heavy atom. The van der Waals surface area contributed by atoms with E-state index in [1.54, 1.807) is 0 Å². The number of nitrogens with one attached hydrogen (secondary N) is 4. The van der Waals surface area contributed by atoms with Crippen LogP contribution >= 0.6 is 0 Å². The Labute approximate surface area is 225 Å². The number of nitrogens with two attached hydrogens (primary N) is 1. The van der Waals surface area contributed by atoms with Crippen LogP contribution in [-0.4, -0.2) is 49.6 Å². The fraction of sp³-hybridized carbons (Fsp3) is 0.207. The van der Waals surface area contributed by atoms with Gasteiger partial charge < -0.3 is 21.4 Å². The second-order valence-corrected chi connectivity index (χ2v) is 9.35. The molecule has 2 amide bonds. The molecule has 6 N–H and O–H groups in total. The van der Waals surface area contributed by atoms with Crippen LogP contribution in [0.3, 0.4) is 0 Å². The van der Waals surface area contributed by atoms with Crippen molar-refractivity contribution in [3.8, 4) is 22.6 Å². The third-order valence-electron chi connectivity index (χ3n) is 6.74. The Kier molecular flexibility index (Phi) is 7.46. The summed E-state index contributed by atoms with van der Waals surface area (Å²) in [5.41, 5.74) is 12.4. The first-order valence-corrected chi connectivity index (χ1v) is 12.8. The third kappa shape index (κ3) is 5.55. The molecule has 3 aromatic heterocycles. The van der Waals surface area contributed by atoms with Crippen LogP contribution in [0.25, 0.3) is 33.5 Å². The molecule has 39 heavy (non-hydrogen) atoms. The van der Waals surface area contributed by atoms with Gasteiger partial charge in [-0.15, -0.1) is 0 Å². The van der Waals surface area contributed by atoms with Crippen molar-refractivity contribution in [3.05, 3.63) is 89.5 Å². The van der Waals surface area contributed by atoms with Crippen molar-refractivity contribution in [1.29, 1.82) is 0 Å². The number of amides is 2. The maximum absolute atomic E-state index is 12.9. The molecule has 1 atom stereocenters. The summed E-state index contributed by atoms with van der Waals surface area (Å²) in [7, 11) is 0. The van der Waals surface area contributed by atoms with Crippen molar-refractivity contribution >= 4 is 22.7 Å². The Balaban J connectivity index is 1.40. The number of rotatable bonds is 10. The van der Waals surface area contributed by atoms with Gasteiger partial charge in [-0.1, -0.05) is 43.3 Å². The summed E-state index contributed by atoms with van der Waals surface area (Å²) in [6, 6.07) is 14.6. The highest BCUT2D eigenvalue weighted by molar-refractivity contribution is 5.98. The average molecular weight is 523 g/mol. The molecule has 10 heteroatoms. The molecular formula is C29H30N8O2. The van der Waals surface area contributed by atoms with E-state index in [9.17, 15) is 9.59 Å². The Hall–Kier alpha value is -4.83. The minimum atomic E-state index is -0.861. The van der Waals surface area contributed by atoms with E-state index in [0.717, 1.165) is 51.8 Å². The first-order valence-electron chi connectivity index (χ1n) is 12.8. The van der Waals surface area contributed by atoms with Gasteiger partial charge in [0.2, 0.25) is 5.91 Å². The van der Waals surface area contributed by atoms with E-state index in [0.29, 0.717) is 17.9 Å². The zero-order valence-electron chi connectivity index (χ0n) is 21.8. The van der Waals surface area contributed by atoms with Crippen LogP contribution in [0, 0.1) is 6.92 Å². The number of hydrogen-bond donors (Lipinski definition) is 5. The molecule has 0 radical (unpaired) electrons. The molecule has 0 spiro atoms. The molecule has 0 saturated carbocycles. The standard InChI is InChI=1S/C29H30N8O2/c1-3-31-13-20-14-32-15-22(17(20)2)19-9-10-23-21(12-19)26(37-36-23)28-33-16-25(34-28)29(39)35-24(27(30)38)11-18-7-5-4-6-8-18/h4-10,12,14-16,24,31H,3,11,13H2,1-2H3,(H2,30,38)(H,33,34)(H,35,39)(H,36,37)/t24-/m1/s1. The number of aromatic amines is 2. The molecule has 10 nitrogen and oxygen atoms in total.